The lowest BCUT2D eigenvalue weighted by molar-refractivity contribution is -0.113. The van der Waals surface area contributed by atoms with Gasteiger partial charge in [0.2, 0.25) is 11.0 Å². The van der Waals surface area contributed by atoms with Gasteiger partial charge in [-0.1, -0.05) is 69.9 Å². The Kier molecular flexibility index (Phi) is 9.46. The molecule has 8 nitrogen and oxygen atoms in total. The van der Waals surface area contributed by atoms with E-state index in [2.05, 4.69) is 77.0 Å². The maximum atomic E-state index is 12.5. The standard InChI is InChI=1S/C24H34N6O2S2/c1-7-8-21-26-28-23(34-21)25-20(31)14-33-24-29-27-22(30(24)13-15(2)3)17(6)32-19-11-9-18(10-12-19)16(4)5/h9-12,15-17H,7-8,13-14H2,1-6H3,(H,25,28,31). The molecule has 0 bridgehead atoms. The van der Waals surface area contributed by atoms with Crippen LogP contribution in [0.1, 0.15) is 76.4 Å². The van der Waals surface area contributed by atoms with E-state index in [0.29, 0.717) is 22.1 Å². The fourth-order valence-electron chi connectivity index (χ4n) is 3.34. The number of aromatic nitrogens is 5. The molecule has 0 saturated carbocycles. The highest BCUT2D eigenvalue weighted by Gasteiger charge is 2.21. The van der Waals surface area contributed by atoms with Gasteiger partial charge < -0.3 is 9.30 Å². The van der Waals surface area contributed by atoms with Gasteiger partial charge in [-0.05, 0) is 42.9 Å². The van der Waals surface area contributed by atoms with Crippen LogP contribution in [0.2, 0.25) is 0 Å². The molecule has 184 valence electrons. The van der Waals surface area contributed by atoms with Crippen molar-refractivity contribution < 1.29 is 9.53 Å². The molecule has 1 N–H and O–H groups in total. The third kappa shape index (κ3) is 7.27. The molecule has 10 heteroatoms. The molecule has 3 aromatic rings. The van der Waals surface area contributed by atoms with Crippen molar-refractivity contribution in [3.63, 3.8) is 0 Å². The summed E-state index contributed by atoms with van der Waals surface area (Å²) in [7, 11) is 0. The summed E-state index contributed by atoms with van der Waals surface area (Å²) >= 11 is 2.78. The maximum Gasteiger partial charge on any atom is 0.236 e. The number of anilines is 1. The Morgan fingerprint density at radius 2 is 1.82 bits per heavy atom. The zero-order chi connectivity index (χ0) is 24.7. The van der Waals surface area contributed by atoms with Crippen LogP contribution in [0.15, 0.2) is 29.4 Å². The monoisotopic (exact) mass is 502 g/mol. The number of hydrogen-bond acceptors (Lipinski definition) is 8. The number of thioether (sulfide) groups is 1. The molecular weight excluding hydrogens is 468 g/mol. The molecule has 0 aliphatic rings. The first-order valence-electron chi connectivity index (χ1n) is 11.7. The summed E-state index contributed by atoms with van der Waals surface area (Å²) in [6.45, 7) is 13.4. The Morgan fingerprint density at radius 1 is 1.09 bits per heavy atom. The van der Waals surface area contributed by atoms with Crippen molar-refractivity contribution in [2.45, 2.75) is 78.1 Å². The molecule has 1 atom stereocenters. The van der Waals surface area contributed by atoms with E-state index < -0.39 is 0 Å². The highest BCUT2D eigenvalue weighted by molar-refractivity contribution is 7.99. The van der Waals surface area contributed by atoms with Gasteiger partial charge >= 0.3 is 0 Å². The average Bonchev–Trinajstić information content (AvgIpc) is 3.39. The summed E-state index contributed by atoms with van der Waals surface area (Å²) < 4.78 is 8.23. The zero-order valence-corrected chi connectivity index (χ0v) is 22.4. The third-order valence-corrected chi connectivity index (χ3v) is 6.89. The number of rotatable bonds is 12. The van der Waals surface area contributed by atoms with E-state index in [1.165, 1.54) is 28.7 Å². The molecule has 0 saturated heterocycles. The van der Waals surface area contributed by atoms with E-state index in [1.807, 2.05) is 19.1 Å². The van der Waals surface area contributed by atoms with Crippen LogP contribution in [0.5, 0.6) is 5.75 Å². The number of benzene rings is 1. The number of aryl methyl sites for hydroxylation is 1. The van der Waals surface area contributed by atoms with Crippen LogP contribution in [-0.4, -0.2) is 36.6 Å². The second-order valence-electron chi connectivity index (χ2n) is 8.92. The van der Waals surface area contributed by atoms with Crippen LogP contribution in [0, 0.1) is 5.92 Å². The number of nitrogens with zero attached hydrogens (tertiary/aromatic N) is 5. The van der Waals surface area contributed by atoms with E-state index in [0.717, 1.165) is 36.0 Å². The average molecular weight is 503 g/mol. The van der Waals surface area contributed by atoms with Gasteiger partial charge in [0.1, 0.15) is 10.8 Å². The third-order valence-electron chi connectivity index (χ3n) is 5.03. The van der Waals surface area contributed by atoms with Gasteiger partial charge in [-0.3, -0.25) is 10.1 Å². The molecule has 1 unspecified atom stereocenters. The lowest BCUT2D eigenvalue weighted by atomic mass is 10.0. The van der Waals surface area contributed by atoms with E-state index in [4.69, 9.17) is 4.74 Å². The largest absolute Gasteiger partial charge is 0.483 e. The normalized spacial score (nSPS) is 12.4. The van der Waals surface area contributed by atoms with Crippen LogP contribution in [-0.2, 0) is 17.8 Å². The van der Waals surface area contributed by atoms with E-state index in [-0.39, 0.29) is 17.8 Å². The topological polar surface area (TPSA) is 94.8 Å². The zero-order valence-electron chi connectivity index (χ0n) is 20.7. The second kappa shape index (κ2) is 12.3. The Morgan fingerprint density at radius 3 is 2.47 bits per heavy atom. The minimum absolute atomic E-state index is 0.139. The molecule has 0 aliphatic heterocycles. The van der Waals surface area contributed by atoms with E-state index in [9.17, 15) is 4.79 Å². The summed E-state index contributed by atoms with van der Waals surface area (Å²) in [6, 6.07) is 8.17. The van der Waals surface area contributed by atoms with E-state index in [1.54, 1.807) is 0 Å². The summed E-state index contributed by atoms with van der Waals surface area (Å²) in [6.07, 6.45) is 1.58. The predicted molar refractivity (Wildman–Crippen MR) is 138 cm³/mol. The Balaban J connectivity index is 1.65. The highest BCUT2D eigenvalue weighted by atomic mass is 32.2. The molecule has 0 spiro atoms. The van der Waals surface area contributed by atoms with Gasteiger partial charge in [0.25, 0.3) is 0 Å². The van der Waals surface area contributed by atoms with Crippen LogP contribution in [0.3, 0.4) is 0 Å². The van der Waals surface area contributed by atoms with Crippen molar-refractivity contribution in [2.24, 2.45) is 5.92 Å². The molecule has 0 aliphatic carbocycles. The first kappa shape index (κ1) is 26.2. The molecule has 2 aromatic heterocycles. The van der Waals surface area contributed by atoms with Gasteiger partial charge in [-0.15, -0.1) is 20.4 Å². The lowest BCUT2D eigenvalue weighted by Gasteiger charge is -2.18. The summed E-state index contributed by atoms with van der Waals surface area (Å²) in [5.41, 5.74) is 1.27. The number of carbonyl (C=O) groups excluding carboxylic acids is 1. The van der Waals surface area contributed by atoms with Gasteiger partial charge in [-0.25, -0.2) is 0 Å². The molecule has 1 aromatic carbocycles. The quantitative estimate of drug-likeness (QED) is 0.316. The number of amides is 1. The SMILES string of the molecule is CCCc1nnc(NC(=O)CSc2nnc(C(C)Oc3ccc(C(C)C)cc3)n2CC(C)C)s1. The Hall–Kier alpha value is -2.46. The Bertz CT molecular complexity index is 1060. The maximum absolute atomic E-state index is 12.5. The van der Waals surface area contributed by atoms with Gasteiger partial charge in [-0.2, -0.15) is 0 Å². The molecule has 3 rings (SSSR count). The van der Waals surface area contributed by atoms with E-state index >= 15 is 0 Å². The molecule has 0 radical (unpaired) electrons. The second-order valence-corrected chi connectivity index (χ2v) is 10.9. The van der Waals surface area contributed by atoms with Crippen LogP contribution in [0.4, 0.5) is 5.13 Å². The molecule has 0 fully saturated rings. The lowest BCUT2D eigenvalue weighted by Crippen LogP contribution is -2.17. The minimum Gasteiger partial charge on any atom is -0.483 e. The number of hydrogen-bond donors (Lipinski definition) is 1. The van der Waals surface area contributed by atoms with Crippen LogP contribution < -0.4 is 10.1 Å². The summed E-state index contributed by atoms with van der Waals surface area (Å²) in [5, 5.41) is 21.9. The minimum atomic E-state index is -0.280. The number of ether oxygens (including phenoxy) is 1. The van der Waals surface area contributed by atoms with Gasteiger partial charge in [0.15, 0.2) is 17.1 Å². The Labute approximate surface area is 209 Å². The smallest absolute Gasteiger partial charge is 0.236 e. The highest BCUT2D eigenvalue weighted by Crippen LogP contribution is 2.27. The van der Waals surface area contributed by atoms with Crippen molar-refractivity contribution in [3.05, 3.63) is 40.7 Å². The van der Waals surface area contributed by atoms with Crippen molar-refractivity contribution >= 4 is 34.1 Å². The van der Waals surface area contributed by atoms with Crippen LogP contribution in [0.25, 0.3) is 0 Å². The molecule has 2 heterocycles. The van der Waals surface area contributed by atoms with Gasteiger partial charge in [0, 0.05) is 13.0 Å². The number of nitrogens with one attached hydrogen (secondary N) is 1. The van der Waals surface area contributed by atoms with Crippen molar-refractivity contribution in [1.82, 2.24) is 25.0 Å². The van der Waals surface area contributed by atoms with Gasteiger partial charge in [0.05, 0.1) is 5.75 Å². The molecule has 1 amide bonds. The van der Waals surface area contributed by atoms with Crippen LogP contribution >= 0.6 is 23.1 Å². The summed E-state index contributed by atoms with van der Waals surface area (Å²) in [4.78, 5) is 12.5. The van der Waals surface area contributed by atoms with Crippen molar-refractivity contribution in [1.29, 1.82) is 0 Å². The fraction of sp³-hybridized carbons (Fsp3) is 0.542. The predicted octanol–water partition coefficient (Wildman–Crippen LogP) is 5.73. The molecule has 34 heavy (non-hydrogen) atoms. The fourth-order valence-corrected chi connectivity index (χ4v) is 4.95. The molecular formula is C24H34N6O2S2. The van der Waals surface area contributed by atoms with Crippen molar-refractivity contribution in [3.8, 4) is 5.75 Å². The number of carbonyl (C=O) groups is 1. The first-order valence-corrected chi connectivity index (χ1v) is 13.5. The summed E-state index contributed by atoms with van der Waals surface area (Å²) in [5.74, 6) is 2.48. The first-order chi connectivity index (χ1) is 16.3. The van der Waals surface area contributed by atoms with Crippen molar-refractivity contribution in [2.75, 3.05) is 11.1 Å².